The third kappa shape index (κ3) is 3.65. The Balaban J connectivity index is 1.39. The Bertz CT molecular complexity index is 706. The number of rotatable bonds is 4. The minimum absolute atomic E-state index is 0.0108. The summed E-state index contributed by atoms with van der Waals surface area (Å²) in [5.74, 6) is 1.68. The van der Waals surface area contributed by atoms with Gasteiger partial charge in [0, 0.05) is 38.8 Å². The molecule has 27 heavy (non-hydrogen) atoms. The fraction of sp³-hybridized carbons (Fsp3) is 0.632. The fourth-order valence-corrected chi connectivity index (χ4v) is 4.34. The summed E-state index contributed by atoms with van der Waals surface area (Å²) in [5, 5.41) is 0. The van der Waals surface area contributed by atoms with Crippen LogP contribution in [0.5, 0.6) is 5.75 Å². The predicted octanol–water partition coefficient (Wildman–Crippen LogP) is 1.20. The average molecular weight is 373 g/mol. The van der Waals surface area contributed by atoms with Gasteiger partial charge in [0.05, 0.1) is 6.54 Å². The first kappa shape index (κ1) is 17.9. The van der Waals surface area contributed by atoms with Crippen molar-refractivity contribution in [2.45, 2.75) is 44.2 Å². The highest BCUT2D eigenvalue weighted by Gasteiger charge is 2.38. The third-order valence-electron chi connectivity index (χ3n) is 5.73. The Kier molecular flexibility index (Phi) is 5.05. The van der Waals surface area contributed by atoms with Crippen LogP contribution in [-0.2, 0) is 4.79 Å². The smallest absolute Gasteiger partial charge is 0.315 e. The van der Waals surface area contributed by atoms with Gasteiger partial charge in [-0.05, 0) is 37.8 Å². The van der Waals surface area contributed by atoms with Crippen molar-refractivity contribution in [2.24, 2.45) is 5.73 Å². The Morgan fingerprint density at radius 3 is 2.70 bits per heavy atom. The maximum atomic E-state index is 12.8. The molecule has 4 heterocycles. The van der Waals surface area contributed by atoms with Gasteiger partial charge < -0.3 is 25.2 Å². The first-order chi connectivity index (χ1) is 13.1. The number of hydrogen-bond acceptors (Lipinski definition) is 5. The van der Waals surface area contributed by atoms with E-state index in [2.05, 4.69) is 9.88 Å². The normalized spacial score (nSPS) is 25.3. The van der Waals surface area contributed by atoms with Crippen LogP contribution in [0, 0.1) is 0 Å². The largest absolute Gasteiger partial charge is 0.485 e. The summed E-state index contributed by atoms with van der Waals surface area (Å²) in [6.45, 7) is 3.76. The molecular formula is C19H27N5O3. The first-order valence-corrected chi connectivity index (χ1v) is 9.85. The Morgan fingerprint density at radius 1 is 1.11 bits per heavy atom. The van der Waals surface area contributed by atoms with Gasteiger partial charge >= 0.3 is 6.03 Å². The molecule has 0 radical (unpaired) electrons. The molecular weight excluding hydrogens is 346 g/mol. The van der Waals surface area contributed by atoms with E-state index in [-0.39, 0.29) is 12.0 Å². The maximum Gasteiger partial charge on any atom is 0.315 e. The van der Waals surface area contributed by atoms with Crippen molar-refractivity contribution < 1.29 is 14.3 Å². The van der Waals surface area contributed by atoms with E-state index in [1.807, 2.05) is 17.0 Å². The molecule has 0 spiro atoms. The van der Waals surface area contributed by atoms with Gasteiger partial charge in [0.2, 0.25) is 5.91 Å². The van der Waals surface area contributed by atoms with Crippen molar-refractivity contribution in [3.8, 4) is 5.75 Å². The Hall–Kier alpha value is -2.51. The van der Waals surface area contributed by atoms with Gasteiger partial charge in [-0.1, -0.05) is 0 Å². The third-order valence-corrected chi connectivity index (χ3v) is 5.73. The predicted molar refractivity (Wildman–Crippen MR) is 101 cm³/mol. The molecule has 2 atom stereocenters. The van der Waals surface area contributed by atoms with Gasteiger partial charge in [0.25, 0.3) is 0 Å². The van der Waals surface area contributed by atoms with E-state index in [1.165, 1.54) is 17.7 Å². The fourth-order valence-electron chi connectivity index (χ4n) is 4.34. The number of hydrogen-bond donors (Lipinski definition) is 1. The molecule has 8 nitrogen and oxygen atoms in total. The lowest BCUT2D eigenvalue weighted by Crippen LogP contribution is -2.49. The van der Waals surface area contributed by atoms with Crippen LogP contribution in [0.25, 0.3) is 0 Å². The van der Waals surface area contributed by atoms with Crippen LogP contribution >= 0.6 is 0 Å². The molecule has 3 aliphatic rings. The van der Waals surface area contributed by atoms with E-state index in [0.717, 1.165) is 37.5 Å². The Morgan fingerprint density at radius 2 is 1.93 bits per heavy atom. The van der Waals surface area contributed by atoms with E-state index in [1.54, 1.807) is 6.20 Å². The van der Waals surface area contributed by atoms with Crippen LogP contribution in [0.2, 0.25) is 0 Å². The SMILES string of the molecule is NC(=O)N1CCC[C@H]1C(=O)N1CC[C@@H](Oc2cccnc2N2CCCC2)C1. The van der Waals surface area contributed by atoms with Gasteiger partial charge in [-0.25, -0.2) is 9.78 Å². The van der Waals surface area contributed by atoms with E-state index >= 15 is 0 Å². The van der Waals surface area contributed by atoms with Gasteiger partial charge in [0.15, 0.2) is 11.6 Å². The number of likely N-dealkylation sites (tertiary alicyclic amines) is 2. The van der Waals surface area contributed by atoms with Crippen molar-refractivity contribution in [2.75, 3.05) is 37.6 Å². The quantitative estimate of drug-likeness (QED) is 0.856. The number of nitrogens with zero attached hydrogens (tertiary/aromatic N) is 4. The number of ether oxygens (including phenoxy) is 1. The molecule has 3 amide bonds. The Labute approximate surface area is 159 Å². The average Bonchev–Trinajstić information content (AvgIpc) is 3.42. The number of carbonyl (C=O) groups is 2. The van der Waals surface area contributed by atoms with Crippen molar-refractivity contribution in [1.82, 2.24) is 14.8 Å². The van der Waals surface area contributed by atoms with Crippen LogP contribution in [0.4, 0.5) is 10.6 Å². The second-order valence-electron chi connectivity index (χ2n) is 7.52. The summed E-state index contributed by atoms with van der Waals surface area (Å²) in [4.78, 5) is 34.4. The van der Waals surface area contributed by atoms with Gasteiger partial charge in [-0.3, -0.25) is 4.79 Å². The van der Waals surface area contributed by atoms with Crippen LogP contribution in [0.1, 0.15) is 32.1 Å². The van der Waals surface area contributed by atoms with Crippen LogP contribution < -0.4 is 15.4 Å². The highest BCUT2D eigenvalue weighted by atomic mass is 16.5. The number of carbonyl (C=O) groups excluding carboxylic acids is 2. The minimum atomic E-state index is -0.511. The van der Waals surface area contributed by atoms with E-state index in [4.69, 9.17) is 10.5 Å². The molecule has 0 aromatic carbocycles. The zero-order valence-corrected chi connectivity index (χ0v) is 15.5. The number of nitrogens with two attached hydrogens (primary N) is 1. The zero-order chi connectivity index (χ0) is 18.8. The molecule has 0 aliphatic carbocycles. The molecule has 4 rings (SSSR count). The number of urea groups is 1. The first-order valence-electron chi connectivity index (χ1n) is 9.85. The summed E-state index contributed by atoms with van der Waals surface area (Å²) in [6.07, 6.45) is 6.39. The topological polar surface area (TPSA) is 92.0 Å². The lowest BCUT2D eigenvalue weighted by atomic mass is 10.2. The summed E-state index contributed by atoms with van der Waals surface area (Å²) < 4.78 is 6.23. The molecule has 1 aromatic rings. The van der Waals surface area contributed by atoms with Crippen molar-refractivity contribution in [3.05, 3.63) is 18.3 Å². The highest BCUT2D eigenvalue weighted by Crippen LogP contribution is 2.31. The van der Waals surface area contributed by atoms with Gasteiger partial charge in [-0.15, -0.1) is 0 Å². The standard InChI is InChI=1S/C19H27N5O3/c20-19(26)24-11-4-5-15(24)18(25)23-12-7-14(13-23)27-16-6-3-8-21-17(16)22-9-1-2-10-22/h3,6,8,14-15H,1-2,4-5,7,9-13H2,(H2,20,26)/t14-,15+/m1/s1. The second kappa shape index (κ2) is 7.62. The molecule has 1 aromatic heterocycles. The number of aromatic nitrogens is 1. The zero-order valence-electron chi connectivity index (χ0n) is 15.5. The van der Waals surface area contributed by atoms with Crippen LogP contribution in [-0.4, -0.2) is 71.6 Å². The molecule has 2 N–H and O–H groups in total. The minimum Gasteiger partial charge on any atom is -0.485 e. The molecule has 8 heteroatoms. The lowest BCUT2D eigenvalue weighted by Gasteiger charge is -2.27. The number of amides is 3. The lowest BCUT2D eigenvalue weighted by molar-refractivity contribution is -0.134. The molecule has 3 saturated heterocycles. The molecule has 0 unspecified atom stereocenters. The van der Waals surface area contributed by atoms with E-state index < -0.39 is 12.1 Å². The molecule has 3 aliphatic heterocycles. The van der Waals surface area contributed by atoms with Crippen molar-refractivity contribution in [3.63, 3.8) is 0 Å². The maximum absolute atomic E-state index is 12.8. The van der Waals surface area contributed by atoms with E-state index in [0.29, 0.717) is 26.1 Å². The summed E-state index contributed by atoms with van der Waals surface area (Å²) in [6, 6.07) is 2.91. The number of primary amides is 1. The van der Waals surface area contributed by atoms with Gasteiger partial charge in [-0.2, -0.15) is 0 Å². The summed E-state index contributed by atoms with van der Waals surface area (Å²) >= 11 is 0. The summed E-state index contributed by atoms with van der Waals surface area (Å²) in [7, 11) is 0. The number of anilines is 1. The van der Waals surface area contributed by atoms with Crippen molar-refractivity contribution in [1.29, 1.82) is 0 Å². The second-order valence-corrected chi connectivity index (χ2v) is 7.52. The number of pyridine rings is 1. The molecule has 3 fully saturated rings. The van der Waals surface area contributed by atoms with Crippen LogP contribution in [0.15, 0.2) is 18.3 Å². The van der Waals surface area contributed by atoms with Gasteiger partial charge in [0.1, 0.15) is 12.1 Å². The van der Waals surface area contributed by atoms with Crippen molar-refractivity contribution >= 4 is 17.8 Å². The molecule has 0 saturated carbocycles. The van der Waals surface area contributed by atoms with Crippen LogP contribution in [0.3, 0.4) is 0 Å². The molecule has 146 valence electrons. The molecule has 0 bridgehead atoms. The monoisotopic (exact) mass is 373 g/mol. The van der Waals surface area contributed by atoms with E-state index in [9.17, 15) is 9.59 Å². The highest BCUT2D eigenvalue weighted by molar-refractivity contribution is 5.87. The summed E-state index contributed by atoms with van der Waals surface area (Å²) in [5.41, 5.74) is 5.41.